The van der Waals surface area contributed by atoms with Crippen LogP contribution in [0.25, 0.3) is 0 Å². The predicted octanol–water partition coefficient (Wildman–Crippen LogP) is 5.38. The van der Waals surface area contributed by atoms with Crippen molar-refractivity contribution in [2.45, 2.75) is 85.7 Å². The van der Waals surface area contributed by atoms with Crippen molar-refractivity contribution in [3.05, 3.63) is 11.6 Å². The van der Waals surface area contributed by atoms with Crippen LogP contribution in [0, 0.1) is 52.3 Å². The molecule has 0 saturated heterocycles. The molecule has 0 spiro atoms. The molecule has 3 saturated carbocycles. The predicted molar refractivity (Wildman–Crippen MR) is 119 cm³/mol. The summed E-state index contributed by atoms with van der Waals surface area (Å²) in [6.45, 7) is 11.5. The molecule has 3 heteroatoms. The average molecular weight is 411 g/mol. The Labute approximate surface area is 182 Å². The highest BCUT2D eigenvalue weighted by molar-refractivity contribution is 5.92. The third-order valence-electron chi connectivity index (χ3n) is 9.35. The van der Waals surface area contributed by atoms with Crippen molar-refractivity contribution < 1.29 is 14.3 Å². The molecule has 3 nitrogen and oxygen atoms in total. The van der Waals surface area contributed by atoms with Crippen LogP contribution >= 0.6 is 0 Å². The smallest absolute Gasteiger partial charge is 0.155 e. The topological polar surface area (TPSA) is 43.4 Å². The van der Waals surface area contributed by atoms with Gasteiger partial charge in [0.1, 0.15) is 12.4 Å². The number of carbonyl (C=O) groups is 2. The molecule has 164 valence electrons. The minimum Gasteiger partial charge on any atom is -0.361 e. The molecule has 4 aliphatic carbocycles. The van der Waals surface area contributed by atoms with Crippen molar-refractivity contribution in [2.75, 3.05) is 6.61 Å². The first-order valence-electron chi connectivity index (χ1n) is 12.0. The fourth-order valence-corrected chi connectivity index (χ4v) is 7.02. The Morgan fingerprint density at radius 2 is 1.80 bits per heavy atom. The normalized spacial score (nSPS) is 41.3. The molecule has 3 fully saturated rings. The highest BCUT2D eigenvalue weighted by Gasteiger charge is 2.60. The lowest BCUT2D eigenvalue weighted by molar-refractivity contribution is -0.135. The molecule has 0 heterocycles. The van der Waals surface area contributed by atoms with E-state index in [9.17, 15) is 9.59 Å². The van der Waals surface area contributed by atoms with E-state index in [1.165, 1.54) is 5.57 Å². The molecule has 7 unspecified atom stereocenters. The third kappa shape index (κ3) is 3.50. The first-order chi connectivity index (χ1) is 14.2. The zero-order valence-electron chi connectivity index (χ0n) is 19.4. The lowest BCUT2D eigenvalue weighted by Gasteiger charge is -2.58. The van der Waals surface area contributed by atoms with Crippen LogP contribution in [0.4, 0.5) is 0 Å². The van der Waals surface area contributed by atoms with Gasteiger partial charge in [-0.15, -0.1) is 0 Å². The molecule has 4 rings (SSSR count). The number of carbonyl (C=O) groups excluding carboxylic acids is 2. The minimum absolute atomic E-state index is 0.0209. The Bertz CT molecular complexity index is 812. The summed E-state index contributed by atoms with van der Waals surface area (Å²) in [6.07, 6.45) is 8.25. The van der Waals surface area contributed by atoms with Gasteiger partial charge in [-0.25, -0.2) is 0 Å². The quantitative estimate of drug-likeness (QED) is 0.587. The van der Waals surface area contributed by atoms with Crippen molar-refractivity contribution in [1.29, 1.82) is 0 Å². The second-order valence-corrected chi connectivity index (χ2v) is 11.2. The minimum atomic E-state index is -0.139. The van der Waals surface area contributed by atoms with Crippen LogP contribution in [0.5, 0.6) is 0 Å². The van der Waals surface area contributed by atoms with Crippen LogP contribution in [0.15, 0.2) is 11.6 Å². The number of rotatable bonds is 3. The molecule has 0 radical (unpaired) electrons. The van der Waals surface area contributed by atoms with E-state index in [-0.39, 0.29) is 22.7 Å². The molecule has 7 atom stereocenters. The van der Waals surface area contributed by atoms with Crippen molar-refractivity contribution >= 4 is 11.6 Å². The summed E-state index contributed by atoms with van der Waals surface area (Å²) in [4.78, 5) is 25.0. The number of fused-ring (bicyclic) bond motifs is 5. The van der Waals surface area contributed by atoms with Crippen LogP contribution < -0.4 is 0 Å². The number of hydrogen-bond donors (Lipinski definition) is 0. The van der Waals surface area contributed by atoms with Gasteiger partial charge in [0, 0.05) is 24.2 Å². The molecule has 0 aliphatic heterocycles. The maximum Gasteiger partial charge on any atom is 0.155 e. The fourth-order valence-electron chi connectivity index (χ4n) is 7.02. The molecule has 0 aromatic carbocycles. The number of ether oxygens (including phenoxy) is 1. The lowest BCUT2D eigenvalue weighted by atomic mass is 9.47. The molecule has 0 aromatic heterocycles. The molecule has 0 N–H and O–H groups in total. The fraction of sp³-hybridized carbons (Fsp3) is 0.778. The Morgan fingerprint density at radius 3 is 2.53 bits per heavy atom. The van der Waals surface area contributed by atoms with Crippen LogP contribution in [0.3, 0.4) is 0 Å². The molecular formula is C27H38O3. The van der Waals surface area contributed by atoms with Crippen LogP contribution in [0.2, 0.25) is 0 Å². The second kappa shape index (κ2) is 7.94. The van der Waals surface area contributed by atoms with Gasteiger partial charge in [0.25, 0.3) is 0 Å². The van der Waals surface area contributed by atoms with Crippen molar-refractivity contribution in [3.63, 3.8) is 0 Å². The van der Waals surface area contributed by atoms with Gasteiger partial charge in [-0.1, -0.05) is 46.5 Å². The standard InChI is InChI=1S/C27H38O3/c1-17(2)18(3)7-6-14-30-24-16-20-21-8-9-25(29)27(21,5)13-11-22(20)26(4)12-10-19(28)15-23(24)26/h15,17-18,20-22,24H,8-14,16H2,1-5H3. The number of Topliss-reactive ketones (excluding diaryl/α,β-unsaturated/α-hetero) is 1. The Morgan fingerprint density at radius 1 is 1.07 bits per heavy atom. The van der Waals surface area contributed by atoms with E-state index in [2.05, 4.69) is 46.5 Å². The van der Waals surface area contributed by atoms with E-state index < -0.39 is 0 Å². The molecule has 0 aromatic rings. The summed E-state index contributed by atoms with van der Waals surface area (Å²) < 4.78 is 6.37. The van der Waals surface area contributed by atoms with E-state index in [0.717, 1.165) is 38.5 Å². The van der Waals surface area contributed by atoms with Crippen molar-refractivity contribution in [2.24, 2.45) is 40.4 Å². The van der Waals surface area contributed by atoms with E-state index >= 15 is 0 Å². The second-order valence-electron chi connectivity index (χ2n) is 11.2. The highest BCUT2D eigenvalue weighted by Crippen LogP contribution is 2.64. The SMILES string of the molecule is CC(C)C(C)C#CCOC1CC2C3CCC(=O)C3(C)CCC2C2(C)CCC(=O)C=C12. The van der Waals surface area contributed by atoms with Crippen molar-refractivity contribution in [1.82, 2.24) is 0 Å². The molecular weight excluding hydrogens is 372 g/mol. The first-order valence-corrected chi connectivity index (χ1v) is 12.0. The average Bonchev–Trinajstić information content (AvgIpc) is 3.01. The molecule has 4 aliphatic rings. The van der Waals surface area contributed by atoms with E-state index in [1.54, 1.807) is 0 Å². The Balaban J connectivity index is 1.60. The maximum absolute atomic E-state index is 12.7. The van der Waals surface area contributed by atoms with Gasteiger partial charge in [-0.2, -0.15) is 0 Å². The highest BCUT2D eigenvalue weighted by atomic mass is 16.5. The summed E-state index contributed by atoms with van der Waals surface area (Å²) in [6, 6.07) is 0. The van der Waals surface area contributed by atoms with Crippen LogP contribution in [-0.2, 0) is 14.3 Å². The number of ketones is 2. The van der Waals surface area contributed by atoms with E-state index in [4.69, 9.17) is 4.74 Å². The third-order valence-corrected chi connectivity index (χ3v) is 9.35. The van der Waals surface area contributed by atoms with E-state index in [0.29, 0.717) is 48.4 Å². The maximum atomic E-state index is 12.7. The van der Waals surface area contributed by atoms with Gasteiger partial charge < -0.3 is 4.74 Å². The lowest BCUT2D eigenvalue weighted by Crippen LogP contribution is -2.54. The van der Waals surface area contributed by atoms with Gasteiger partial charge >= 0.3 is 0 Å². The van der Waals surface area contributed by atoms with Gasteiger partial charge in [0.15, 0.2) is 5.78 Å². The van der Waals surface area contributed by atoms with Crippen LogP contribution in [0.1, 0.15) is 79.6 Å². The Hall–Kier alpha value is -1.40. The molecule has 0 bridgehead atoms. The van der Waals surface area contributed by atoms with Crippen molar-refractivity contribution in [3.8, 4) is 11.8 Å². The zero-order valence-corrected chi connectivity index (χ0v) is 19.4. The first kappa shape index (κ1) is 21.8. The largest absolute Gasteiger partial charge is 0.361 e. The molecule has 30 heavy (non-hydrogen) atoms. The summed E-state index contributed by atoms with van der Waals surface area (Å²) in [5.41, 5.74) is 1.10. The van der Waals surface area contributed by atoms with Gasteiger partial charge in [0.2, 0.25) is 0 Å². The summed E-state index contributed by atoms with van der Waals surface area (Å²) in [5, 5.41) is 0. The zero-order chi connectivity index (χ0) is 21.7. The summed E-state index contributed by atoms with van der Waals surface area (Å²) in [7, 11) is 0. The molecule has 0 amide bonds. The Kier molecular flexibility index (Phi) is 5.77. The van der Waals surface area contributed by atoms with Gasteiger partial charge in [0.05, 0.1) is 6.10 Å². The monoisotopic (exact) mass is 410 g/mol. The van der Waals surface area contributed by atoms with E-state index in [1.807, 2.05) is 6.08 Å². The summed E-state index contributed by atoms with van der Waals surface area (Å²) >= 11 is 0. The number of hydrogen-bond acceptors (Lipinski definition) is 3. The van der Waals surface area contributed by atoms with Gasteiger partial charge in [-0.05, 0) is 72.8 Å². The summed E-state index contributed by atoms with van der Waals surface area (Å²) in [5.74, 6) is 9.69. The van der Waals surface area contributed by atoms with Gasteiger partial charge in [-0.3, -0.25) is 9.59 Å². The van der Waals surface area contributed by atoms with Crippen LogP contribution in [-0.4, -0.2) is 24.3 Å².